The van der Waals surface area contributed by atoms with Gasteiger partial charge in [-0.3, -0.25) is 14.2 Å². The average Bonchev–Trinajstić information content (AvgIpc) is 3.72. The van der Waals surface area contributed by atoms with Gasteiger partial charge in [-0.2, -0.15) is 0 Å². The molecule has 1 heterocycles. The fourth-order valence-electron chi connectivity index (χ4n) is 9.70. The van der Waals surface area contributed by atoms with Gasteiger partial charge in [-0.15, -0.1) is 0 Å². The highest BCUT2D eigenvalue weighted by Crippen LogP contribution is 2.57. The molecule has 48 heavy (non-hydrogen) atoms. The lowest BCUT2D eigenvalue weighted by Gasteiger charge is -2.19. The van der Waals surface area contributed by atoms with E-state index in [0.717, 1.165) is 21.5 Å². The van der Waals surface area contributed by atoms with Gasteiger partial charge in [0, 0.05) is 6.04 Å². The minimum absolute atomic E-state index is 0.0116. The van der Waals surface area contributed by atoms with Crippen LogP contribution in [-0.4, -0.2) is 4.57 Å². The first-order valence-electron chi connectivity index (χ1n) is 17.3. The van der Waals surface area contributed by atoms with Crippen molar-refractivity contribution < 1.29 is 0 Å². The summed E-state index contributed by atoms with van der Waals surface area (Å²) in [4.78, 5) is 28.8. The van der Waals surface area contributed by atoms with Gasteiger partial charge in [0.1, 0.15) is 0 Å². The highest BCUT2D eigenvalue weighted by atomic mass is 16.2. The minimum Gasteiger partial charge on any atom is -0.272 e. The van der Waals surface area contributed by atoms with Gasteiger partial charge >= 0.3 is 0 Å². The summed E-state index contributed by atoms with van der Waals surface area (Å²) in [7, 11) is 0. The second-order valence-electron chi connectivity index (χ2n) is 17.0. The molecule has 10 aromatic carbocycles. The fourth-order valence-corrected chi connectivity index (χ4v) is 9.70. The standard InChI is InChI=1S/C45H35NO2/c1-19(2)46-42(47)38-31-17-29-23-11-9-21(44(3,4)5)15-25(23)27-13-20-14-28-26-16-22(45(6,7)8)10-12-24(26)30-18-32(39(38)43(46)48)37-36(31)40(34(27)29)33(20)41(37)35(28)30/h9-19H,1-8H3. The van der Waals surface area contributed by atoms with Crippen molar-refractivity contribution in [2.24, 2.45) is 0 Å². The average molecular weight is 622 g/mol. The summed E-state index contributed by atoms with van der Waals surface area (Å²) in [6.07, 6.45) is 0. The molecule has 232 valence electrons. The van der Waals surface area contributed by atoms with E-state index in [1.165, 1.54) is 91.1 Å². The molecule has 1 aromatic heterocycles. The van der Waals surface area contributed by atoms with E-state index in [9.17, 15) is 9.59 Å². The van der Waals surface area contributed by atoms with Gasteiger partial charge in [0.2, 0.25) is 0 Å². The predicted molar refractivity (Wildman–Crippen MR) is 207 cm³/mol. The van der Waals surface area contributed by atoms with Gasteiger partial charge in [0.25, 0.3) is 11.1 Å². The van der Waals surface area contributed by atoms with E-state index in [1.807, 2.05) is 13.8 Å². The van der Waals surface area contributed by atoms with Crippen molar-refractivity contribution in [3.63, 3.8) is 0 Å². The zero-order chi connectivity index (χ0) is 33.1. The Labute approximate surface area is 276 Å². The lowest BCUT2D eigenvalue weighted by Crippen LogP contribution is -2.27. The van der Waals surface area contributed by atoms with Crippen molar-refractivity contribution in [3.05, 3.63) is 92.5 Å². The molecule has 0 N–H and O–H groups in total. The third-order valence-electron chi connectivity index (χ3n) is 11.9. The maximum absolute atomic E-state index is 14.4. The summed E-state index contributed by atoms with van der Waals surface area (Å²) in [5, 5.41) is 22.7. The molecule has 0 saturated carbocycles. The van der Waals surface area contributed by atoms with Crippen LogP contribution in [0.4, 0.5) is 0 Å². The molecule has 0 amide bonds. The first kappa shape index (κ1) is 27.0. The van der Waals surface area contributed by atoms with Crippen LogP contribution in [0.15, 0.2) is 70.3 Å². The number of benzene rings is 7. The van der Waals surface area contributed by atoms with Crippen LogP contribution in [0, 0.1) is 0 Å². The number of hydrogen-bond donors (Lipinski definition) is 0. The largest absolute Gasteiger partial charge is 0.272 e. The smallest absolute Gasteiger partial charge is 0.262 e. The third-order valence-corrected chi connectivity index (χ3v) is 11.9. The molecule has 0 aliphatic heterocycles. The van der Waals surface area contributed by atoms with E-state index in [0.29, 0.717) is 10.8 Å². The van der Waals surface area contributed by atoms with E-state index in [1.54, 1.807) is 0 Å². The monoisotopic (exact) mass is 621 g/mol. The number of rotatable bonds is 1. The van der Waals surface area contributed by atoms with Crippen molar-refractivity contribution in [1.82, 2.24) is 4.57 Å². The Bertz CT molecular complexity index is 3080. The van der Waals surface area contributed by atoms with Crippen LogP contribution in [0.1, 0.15) is 72.6 Å². The van der Waals surface area contributed by atoms with E-state index >= 15 is 0 Å². The van der Waals surface area contributed by atoms with Crippen LogP contribution in [0.25, 0.3) is 108 Å². The Kier molecular flexibility index (Phi) is 4.39. The fraction of sp³-hybridized carbons (Fsp3) is 0.244. The molecule has 0 aliphatic rings. The van der Waals surface area contributed by atoms with Crippen molar-refractivity contribution in [2.75, 3.05) is 0 Å². The highest BCUT2D eigenvalue weighted by molar-refractivity contribution is 6.56. The Morgan fingerprint density at radius 2 is 0.833 bits per heavy atom. The zero-order valence-corrected chi connectivity index (χ0v) is 28.6. The van der Waals surface area contributed by atoms with E-state index in [-0.39, 0.29) is 28.0 Å². The maximum Gasteiger partial charge on any atom is 0.262 e. The van der Waals surface area contributed by atoms with Crippen LogP contribution in [0.5, 0.6) is 0 Å². The lowest BCUT2D eigenvalue weighted by molar-refractivity contribution is 0.574. The predicted octanol–water partition coefficient (Wildman–Crippen LogP) is 11.5. The van der Waals surface area contributed by atoms with Crippen LogP contribution in [0.3, 0.4) is 0 Å². The number of fused-ring (bicyclic) bond motifs is 9. The first-order valence-corrected chi connectivity index (χ1v) is 17.3. The lowest BCUT2D eigenvalue weighted by atomic mass is 9.86. The molecule has 0 radical (unpaired) electrons. The number of aromatic nitrogens is 1. The van der Waals surface area contributed by atoms with Crippen LogP contribution >= 0.6 is 0 Å². The van der Waals surface area contributed by atoms with E-state index in [4.69, 9.17) is 0 Å². The molecule has 0 bridgehead atoms. The number of hydrogen-bond acceptors (Lipinski definition) is 2. The molecule has 11 rings (SSSR count). The molecule has 11 aromatic rings. The first-order chi connectivity index (χ1) is 22.8. The van der Waals surface area contributed by atoms with Crippen molar-refractivity contribution in [2.45, 2.75) is 72.3 Å². The molecule has 0 aliphatic carbocycles. The maximum atomic E-state index is 14.4. The van der Waals surface area contributed by atoms with Gasteiger partial charge in [-0.1, -0.05) is 65.8 Å². The Balaban J connectivity index is 1.52. The molecule has 0 atom stereocenters. The Hall–Kier alpha value is -5.02. The molecule has 0 saturated heterocycles. The molecule has 0 unspecified atom stereocenters. The molecule has 3 nitrogen and oxygen atoms in total. The molecule has 3 heteroatoms. The van der Waals surface area contributed by atoms with Crippen molar-refractivity contribution >= 4 is 108 Å². The highest BCUT2D eigenvalue weighted by Gasteiger charge is 2.32. The molecule has 0 spiro atoms. The van der Waals surface area contributed by atoms with Crippen LogP contribution in [0.2, 0.25) is 0 Å². The molecular weight excluding hydrogens is 587 g/mol. The van der Waals surface area contributed by atoms with Gasteiger partial charge in [0.05, 0.1) is 10.8 Å². The van der Waals surface area contributed by atoms with Gasteiger partial charge in [-0.25, -0.2) is 0 Å². The van der Waals surface area contributed by atoms with Crippen molar-refractivity contribution in [1.29, 1.82) is 0 Å². The second kappa shape index (κ2) is 7.81. The Morgan fingerprint density at radius 3 is 1.23 bits per heavy atom. The number of nitrogens with zero attached hydrogens (tertiary/aromatic N) is 1. The van der Waals surface area contributed by atoms with E-state index < -0.39 is 0 Å². The summed E-state index contributed by atoms with van der Waals surface area (Å²) in [6.45, 7) is 17.5. The quantitative estimate of drug-likeness (QED) is 0.171. The second-order valence-corrected chi connectivity index (χ2v) is 17.0. The molecule has 0 fully saturated rings. The summed E-state index contributed by atoms with van der Waals surface area (Å²) in [6, 6.07) is 23.0. The zero-order valence-electron chi connectivity index (χ0n) is 28.6. The topological polar surface area (TPSA) is 39.1 Å². The van der Waals surface area contributed by atoms with Gasteiger partial charge < -0.3 is 0 Å². The minimum atomic E-state index is -0.231. The van der Waals surface area contributed by atoms with Crippen LogP contribution in [-0.2, 0) is 10.8 Å². The van der Waals surface area contributed by atoms with E-state index in [2.05, 4.69) is 102 Å². The van der Waals surface area contributed by atoms with Gasteiger partial charge in [0.15, 0.2) is 0 Å². The molecular formula is C45H35NO2. The Morgan fingerprint density at radius 1 is 0.417 bits per heavy atom. The van der Waals surface area contributed by atoms with Gasteiger partial charge in [-0.05, 0) is 169 Å². The summed E-state index contributed by atoms with van der Waals surface area (Å²) in [5.41, 5.74) is 2.30. The van der Waals surface area contributed by atoms with Crippen LogP contribution < -0.4 is 11.1 Å². The summed E-state index contributed by atoms with van der Waals surface area (Å²) in [5.74, 6) is 0. The van der Waals surface area contributed by atoms with Crippen molar-refractivity contribution in [3.8, 4) is 0 Å². The SMILES string of the molecule is CC(C)n1c(=O)c2c3cc4c5ccc(C(C)(C)C)cc5c5cc6cc7c8cc(C(C)(C)C)ccc8c8cc(c2c1=O)c1c3c(c54)c6c1c78. The summed E-state index contributed by atoms with van der Waals surface area (Å²) >= 11 is 0. The normalized spacial score (nSPS) is 14.2. The summed E-state index contributed by atoms with van der Waals surface area (Å²) < 4.78 is 1.48. The third kappa shape index (κ3) is 2.80.